The van der Waals surface area contributed by atoms with Gasteiger partial charge in [-0.1, -0.05) is 6.07 Å². The van der Waals surface area contributed by atoms with Crippen molar-refractivity contribution in [2.45, 2.75) is 25.5 Å². The number of benzene rings is 1. The molecule has 5 heteroatoms. The standard InChI is InChI=1S/C13H17NO4/c1-3-14(13(16)17)11-7-8-6-9(18-2)4-5-10(8)12(11)15/h4-6,11-12,15H,3,7H2,1-2H3,(H,16,17). The molecule has 5 nitrogen and oxygen atoms in total. The van der Waals surface area contributed by atoms with Gasteiger partial charge in [0.15, 0.2) is 0 Å². The Morgan fingerprint density at radius 2 is 2.28 bits per heavy atom. The van der Waals surface area contributed by atoms with Gasteiger partial charge in [0.1, 0.15) is 11.9 Å². The molecule has 0 aromatic heterocycles. The van der Waals surface area contributed by atoms with Crippen LogP contribution in [0, 0.1) is 0 Å². The monoisotopic (exact) mass is 251 g/mol. The predicted molar refractivity (Wildman–Crippen MR) is 65.9 cm³/mol. The molecule has 0 radical (unpaired) electrons. The molecule has 1 aliphatic carbocycles. The highest BCUT2D eigenvalue weighted by atomic mass is 16.5. The number of nitrogens with zero attached hydrogens (tertiary/aromatic N) is 1. The third-order valence-electron chi connectivity index (χ3n) is 3.45. The molecule has 1 amide bonds. The molecule has 0 spiro atoms. The van der Waals surface area contributed by atoms with E-state index in [1.807, 2.05) is 6.07 Å². The van der Waals surface area contributed by atoms with Crippen LogP contribution in [0.4, 0.5) is 4.79 Å². The van der Waals surface area contributed by atoms with Gasteiger partial charge in [0.2, 0.25) is 0 Å². The normalized spacial score (nSPS) is 21.5. The number of likely N-dealkylation sites (N-methyl/N-ethyl adjacent to an activating group) is 1. The number of hydrogen-bond donors (Lipinski definition) is 2. The largest absolute Gasteiger partial charge is 0.497 e. The van der Waals surface area contributed by atoms with Crippen LogP contribution in [0.5, 0.6) is 5.75 Å². The van der Waals surface area contributed by atoms with E-state index in [9.17, 15) is 9.90 Å². The van der Waals surface area contributed by atoms with E-state index in [2.05, 4.69) is 0 Å². The Labute approximate surface area is 106 Å². The Morgan fingerprint density at radius 3 is 2.83 bits per heavy atom. The van der Waals surface area contributed by atoms with Crippen LogP contribution in [0.1, 0.15) is 24.2 Å². The first kappa shape index (κ1) is 12.7. The number of amides is 1. The predicted octanol–water partition coefficient (Wildman–Crippen LogP) is 1.65. The summed E-state index contributed by atoms with van der Waals surface area (Å²) < 4.78 is 5.13. The van der Waals surface area contributed by atoms with Crippen molar-refractivity contribution < 1.29 is 19.7 Å². The van der Waals surface area contributed by atoms with E-state index in [4.69, 9.17) is 9.84 Å². The average molecular weight is 251 g/mol. The Balaban J connectivity index is 2.29. The van der Waals surface area contributed by atoms with Crippen LogP contribution in [-0.4, -0.2) is 40.9 Å². The maximum absolute atomic E-state index is 11.1. The van der Waals surface area contributed by atoms with Gasteiger partial charge in [-0.3, -0.25) is 0 Å². The number of methoxy groups -OCH3 is 1. The fourth-order valence-electron chi connectivity index (χ4n) is 2.51. The van der Waals surface area contributed by atoms with E-state index < -0.39 is 18.2 Å². The van der Waals surface area contributed by atoms with Crippen molar-refractivity contribution in [2.24, 2.45) is 0 Å². The smallest absolute Gasteiger partial charge is 0.407 e. The SMILES string of the molecule is CCN(C(=O)O)C1Cc2cc(OC)ccc2C1O. The summed E-state index contributed by atoms with van der Waals surface area (Å²) in [4.78, 5) is 12.4. The molecule has 0 saturated carbocycles. The zero-order chi connectivity index (χ0) is 13.3. The number of aliphatic hydroxyl groups excluding tert-OH is 1. The van der Waals surface area contributed by atoms with Gasteiger partial charge in [-0.25, -0.2) is 4.79 Å². The first-order valence-corrected chi connectivity index (χ1v) is 5.93. The van der Waals surface area contributed by atoms with Gasteiger partial charge in [-0.05, 0) is 36.6 Å². The molecule has 0 heterocycles. The molecular formula is C13H17NO4. The minimum absolute atomic E-state index is 0.363. The third kappa shape index (κ3) is 2.01. The van der Waals surface area contributed by atoms with Crippen LogP contribution in [0.3, 0.4) is 0 Å². The van der Waals surface area contributed by atoms with Gasteiger partial charge in [0.05, 0.1) is 13.2 Å². The van der Waals surface area contributed by atoms with Crippen LogP contribution >= 0.6 is 0 Å². The zero-order valence-corrected chi connectivity index (χ0v) is 10.5. The van der Waals surface area contributed by atoms with E-state index >= 15 is 0 Å². The summed E-state index contributed by atoms with van der Waals surface area (Å²) in [5, 5.41) is 19.3. The first-order chi connectivity index (χ1) is 8.58. The molecule has 2 atom stereocenters. The van der Waals surface area contributed by atoms with E-state index in [0.717, 1.165) is 16.9 Å². The number of ether oxygens (including phenoxy) is 1. The fraction of sp³-hybridized carbons (Fsp3) is 0.462. The molecule has 0 aliphatic heterocycles. The number of carbonyl (C=O) groups is 1. The second-order valence-corrected chi connectivity index (χ2v) is 4.35. The summed E-state index contributed by atoms with van der Waals surface area (Å²) in [5.74, 6) is 0.722. The summed E-state index contributed by atoms with van der Waals surface area (Å²) >= 11 is 0. The van der Waals surface area contributed by atoms with Gasteiger partial charge in [0.25, 0.3) is 0 Å². The summed E-state index contributed by atoms with van der Waals surface area (Å²) in [6.45, 7) is 2.13. The van der Waals surface area contributed by atoms with Crippen molar-refractivity contribution in [1.82, 2.24) is 4.90 Å². The van der Waals surface area contributed by atoms with Crippen molar-refractivity contribution >= 4 is 6.09 Å². The summed E-state index contributed by atoms with van der Waals surface area (Å²) in [6, 6.07) is 5.03. The Morgan fingerprint density at radius 1 is 1.56 bits per heavy atom. The highest BCUT2D eigenvalue weighted by molar-refractivity contribution is 5.66. The van der Waals surface area contributed by atoms with Crippen molar-refractivity contribution in [3.63, 3.8) is 0 Å². The second kappa shape index (κ2) is 4.86. The molecule has 18 heavy (non-hydrogen) atoms. The van der Waals surface area contributed by atoms with Crippen molar-refractivity contribution in [1.29, 1.82) is 0 Å². The third-order valence-corrected chi connectivity index (χ3v) is 3.45. The Bertz CT molecular complexity index is 460. The zero-order valence-electron chi connectivity index (χ0n) is 10.5. The van der Waals surface area contributed by atoms with Crippen molar-refractivity contribution in [3.05, 3.63) is 29.3 Å². The maximum atomic E-state index is 11.1. The van der Waals surface area contributed by atoms with Crippen LogP contribution in [0.2, 0.25) is 0 Å². The van der Waals surface area contributed by atoms with Crippen LogP contribution < -0.4 is 4.74 Å². The van der Waals surface area contributed by atoms with Gasteiger partial charge >= 0.3 is 6.09 Å². The molecule has 1 aromatic rings. The minimum atomic E-state index is -0.999. The molecule has 1 aliphatic rings. The number of aliphatic hydroxyl groups is 1. The molecule has 1 aromatic carbocycles. The summed E-state index contributed by atoms with van der Waals surface area (Å²) in [6.07, 6.45) is -1.24. The van der Waals surface area contributed by atoms with E-state index in [1.54, 1.807) is 26.2 Å². The quantitative estimate of drug-likeness (QED) is 0.857. The average Bonchev–Trinajstić information content (AvgIpc) is 2.67. The van der Waals surface area contributed by atoms with E-state index in [1.165, 1.54) is 4.90 Å². The van der Waals surface area contributed by atoms with Crippen molar-refractivity contribution in [2.75, 3.05) is 13.7 Å². The highest BCUT2D eigenvalue weighted by Crippen LogP contribution is 2.36. The molecule has 2 rings (SSSR count). The molecule has 0 saturated heterocycles. The summed E-state index contributed by atoms with van der Waals surface area (Å²) in [5.41, 5.74) is 1.74. The molecule has 2 N–H and O–H groups in total. The van der Waals surface area contributed by atoms with Crippen LogP contribution in [-0.2, 0) is 6.42 Å². The van der Waals surface area contributed by atoms with Gasteiger partial charge in [-0.2, -0.15) is 0 Å². The lowest BCUT2D eigenvalue weighted by Crippen LogP contribution is -2.41. The molecular weight excluding hydrogens is 234 g/mol. The lowest BCUT2D eigenvalue weighted by molar-refractivity contribution is 0.0601. The van der Waals surface area contributed by atoms with Gasteiger partial charge < -0.3 is 19.8 Å². The van der Waals surface area contributed by atoms with Crippen LogP contribution in [0.25, 0.3) is 0 Å². The second-order valence-electron chi connectivity index (χ2n) is 4.35. The van der Waals surface area contributed by atoms with Crippen molar-refractivity contribution in [3.8, 4) is 5.75 Å². The maximum Gasteiger partial charge on any atom is 0.407 e. The number of hydrogen-bond acceptors (Lipinski definition) is 3. The summed E-state index contributed by atoms with van der Waals surface area (Å²) in [7, 11) is 1.58. The minimum Gasteiger partial charge on any atom is -0.497 e. The Kier molecular flexibility index (Phi) is 3.43. The lowest BCUT2D eigenvalue weighted by atomic mass is 10.1. The topological polar surface area (TPSA) is 70.0 Å². The Hall–Kier alpha value is -1.75. The molecule has 98 valence electrons. The first-order valence-electron chi connectivity index (χ1n) is 5.93. The van der Waals surface area contributed by atoms with E-state index in [-0.39, 0.29) is 0 Å². The van der Waals surface area contributed by atoms with Gasteiger partial charge in [-0.15, -0.1) is 0 Å². The number of fused-ring (bicyclic) bond motifs is 1. The molecule has 0 bridgehead atoms. The highest BCUT2D eigenvalue weighted by Gasteiger charge is 2.36. The molecule has 0 fully saturated rings. The molecule has 2 unspecified atom stereocenters. The fourth-order valence-corrected chi connectivity index (χ4v) is 2.51. The lowest BCUT2D eigenvalue weighted by Gasteiger charge is -2.27. The van der Waals surface area contributed by atoms with Gasteiger partial charge in [0, 0.05) is 6.54 Å². The van der Waals surface area contributed by atoms with E-state index in [0.29, 0.717) is 13.0 Å². The number of carboxylic acid groups (broad SMARTS) is 1. The van der Waals surface area contributed by atoms with Crippen LogP contribution in [0.15, 0.2) is 18.2 Å². The number of rotatable bonds is 3.